The number of piperazine rings is 1. The highest BCUT2D eigenvalue weighted by Gasteiger charge is 2.23. The lowest BCUT2D eigenvalue weighted by Crippen LogP contribution is -2.44. The van der Waals surface area contributed by atoms with Crippen molar-refractivity contribution in [3.8, 4) is 0 Å². The van der Waals surface area contributed by atoms with Gasteiger partial charge >= 0.3 is 11.9 Å². The quantitative estimate of drug-likeness (QED) is 0.794. The second-order valence-corrected chi connectivity index (χ2v) is 5.63. The topological polar surface area (TPSA) is 89.9 Å². The van der Waals surface area contributed by atoms with E-state index in [1.54, 1.807) is 13.0 Å². The smallest absolute Gasteiger partial charge is 0.338 e. The fourth-order valence-corrected chi connectivity index (χ4v) is 2.75. The van der Waals surface area contributed by atoms with Gasteiger partial charge < -0.3 is 20.4 Å². The van der Waals surface area contributed by atoms with Crippen LogP contribution in [0.5, 0.6) is 0 Å². The summed E-state index contributed by atoms with van der Waals surface area (Å²) in [6, 6.07) is 15.1. The van der Waals surface area contributed by atoms with Crippen molar-refractivity contribution >= 4 is 17.6 Å². The maximum absolute atomic E-state index is 11.4. The van der Waals surface area contributed by atoms with Crippen molar-refractivity contribution in [3.05, 3.63) is 65.2 Å². The van der Waals surface area contributed by atoms with Gasteiger partial charge in [-0.05, 0) is 24.6 Å². The molecule has 1 saturated heterocycles. The molecule has 0 spiro atoms. The molecule has 132 valence electrons. The number of carboxylic acid groups (broad SMARTS) is 2. The fourth-order valence-electron chi connectivity index (χ4n) is 2.75. The lowest BCUT2D eigenvalue weighted by molar-refractivity contribution is 0.0696. The van der Waals surface area contributed by atoms with Crippen LogP contribution >= 0.6 is 0 Å². The van der Waals surface area contributed by atoms with Gasteiger partial charge in [0.05, 0.1) is 16.8 Å². The summed E-state index contributed by atoms with van der Waals surface area (Å²) in [4.78, 5) is 24.5. The van der Waals surface area contributed by atoms with Crippen molar-refractivity contribution in [1.82, 2.24) is 5.32 Å². The summed E-state index contributed by atoms with van der Waals surface area (Å²) in [6.07, 6.45) is 0. The van der Waals surface area contributed by atoms with E-state index in [-0.39, 0.29) is 11.1 Å². The lowest BCUT2D eigenvalue weighted by atomic mass is 9.99. The van der Waals surface area contributed by atoms with E-state index < -0.39 is 11.9 Å². The van der Waals surface area contributed by atoms with Crippen LogP contribution in [0.25, 0.3) is 0 Å². The second kappa shape index (κ2) is 8.84. The van der Waals surface area contributed by atoms with E-state index in [9.17, 15) is 14.7 Å². The van der Waals surface area contributed by atoms with Crippen LogP contribution < -0.4 is 10.2 Å². The summed E-state index contributed by atoms with van der Waals surface area (Å²) in [5, 5.41) is 21.6. The number of carboxylic acids is 2. The van der Waals surface area contributed by atoms with Gasteiger partial charge in [-0.2, -0.15) is 0 Å². The Labute approximate surface area is 146 Å². The molecule has 1 fully saturated rings. The van der Waals surface area contributed by atoms with Crippen molar-refractivity contribution in [2.24, 2.45) is 0 Å². The molecule has 0 atom stereocenters. The summed E-state index contributed by atoms with van der Waals surface area (Å²) in [7, 11) is 0. The maximum Gasteiger partial charge on any atom is 0.338 e. The minimum absolute atomic E-state index is 0.0382. The van der Waals surface area contributed by atoms with Crippen LogP contribution in [0, 0.1) is 6.92 Å². The molecular weight excluding hydrogens is 320 g/mol. The minimum atomic E-state index is -1.10. The zero-order valence-corrected chi connectivity index (χ0v) is 14.1. The standard InChI is InChI=1S/C13H16N2O4.C6H6/c1-8-9(12(16)17)2-3-10(11(8)13(18)19)15-6-4-14-5-7-15;1-2-4-6-5-3-1/h2-3,14H,4-7H2,1H3,(H,16,17)(H,18,19);1-6H. The van der Waals surface area contributed by atoms with Gasteiger partial charge in [0.1, 0.15) is 0 Å². The van der Waals surface area contributed by atoms with Gasteiger partial charge in [0.15, 0.2) is 0 Å². The Morgan fingerprint density at radius 3 is 1.88 bits per heavy atom. The molecule has 0 amide bonds. The van der Waals surface area contributed by atoms with E-state index in [1.807, 2.05) is 41.3 Å². The molecule has 0 aromatic heterocycles. The number of carbonyl (C=O) groups is 2. The van der Waals surface area contributed by atoms with Crippen LogP contribution in [0.3, 0.4) is 0 Å². The van der Waals surface area contributed by atoms with E-state index in [1.165, 1.54) is 6.07 Å². The first-order chi connectivity index (χ1) is 12.0. The molecule has 1 aliphatic heterocycles. The van der Waals surface area contributed by atoms with Gasteiger partial charge in [0, 0.05) is 26.2 Å². The van der Waals surface area contributed by atoms with Crippen LogP contribution in [-0.2, 0) is 0 Å². The second-order valence-electron chi connectivity index (χ2n) is 5.63. The number of anilines is 1. The molecule has 25 heavy (non-hydrogen) atoms. The number of hydrogen-bond donors (Lipinski definition) is 3. The zero-order chi connectivity index (χ0) is 18.2. The molecule has 2 aromatic rings. The van der Waals surface area contributed by atoms with Crippen LogP contribution in [0.2, 0.25) is 0 Å². The normalized spacial score (nSPS) is 13.6. The molecule has 0 bridgehead atoms. The Morgan fingerprint density at radius 1 is 0.920 bits per heavy atom. The molecule has 2 aromatic carbocycles. The number of aromatic carboxylic acids is 2. The molecule has 6 nitrogen and oxygen atoms in total. The highest BCUT2D eigenvalue weighted by Crippen LogP contribution is 2.27. The Hall–Kier alpha value is -2.86. The average Bonchev–Trinajstić information content (AvgIpc) is 2.63. The fraction of sp³-hybridized carbons (Fsp3) is 0.263. The summed E-state index contributed by atoms with van der Waals surface area (Å²) in [5.41, 5.74) is 1.02. The van der Waals surface area contributed by atoms with Crippen LogP contribution in [-0.4, -0.2) is 48.3 Å². The van der Waals surface area contributed by atoms with Crippen molar-refractivity contribution < 1.29 is 19.8 Å². The third-order valence-corrected chi connectivity index (χ3v) is 4.01. The summed E-state index contributed by atoms with van der Waals surface area (Å²) in [5.74, 6) is -2.19. The molecule has 0 aliphatic carbocycles. The predicted molar refractivity (Wildman–Crippen MR) is 96.6 cm³/mol. The maximum atomic E-state index is 11.4. The zero-order valence-electron chi connectivity index (χ0n) is 14.1. The molecule has 0 saturated carbocycles. The molecule has 1 aliphatic rings. The van der Waals surface area contributed by atoms with E-state index >= 15 is 0 Å². The monoisotopic (exact) mass is 342 g/mol. The number of benzene rings is 2. The molecule has 3 rings (SSSR count). The van der Waals surface area contributed by atoms with Crippen molar-refractivity contribution in [2.45, 2.75) is 6.92 Å². The van der Waals surface area contributed by atoms with Gasteiger partial charge in [0.25, 0.3) is 0 Å². The Bertz CT molecular complexity index is 699. The van der Waals surface area contributed by atoms with Gasteiger partial charge in [-0.15, -0.1) is 0 Å². The van der Waals surface area contributed by atoms with Crippen LogP contribution in [0.15, 0.2) is 48.5 Å². The number of nitrogens with zero attached hydrogens (tertiary/aromatic N) is 1. The van der Waals surface area contributed by atoms with E-state index in [2.05, 4.69) is 5.32 Å². The van der Waals surface area contributed by atoms with E-state index in [0.29, 0.717) is 24.3 Å². The summed E-state index contributed by atoms with van der Waals surface area (Å²) < 4.78 is 0. The molecule has 1 heterocycles. The van der Waals surface area contributed by atoms with E-state index in [4.69, 9.17) is 5.11 Å². The van der Waals surface area contributed by atoms with Crippen LogP contribution in [0.4, 0.5) is 5.69 Å². The molecule has 0 unspecified atom stereocenters. The van der Waals surface area contributed by atoms with Crippen LogP contribution in [0.1, 0.15) is 26.3 Å². The molecule has 0 radical (unpaired) electrons. The molecule has 6 heteroatoms. The van der Waals surface area contributed by atoms with Gasteiger partial charge in [0.2, 0.25) is 0 Å². The van der Waals surface area contributed by atoms with Crippen molar-refractivity contribution in [3.63, 3.8) is 0 Å². The molecule has 3 N–H and O–H groups in total. The Morgan fingerprint density at radius 2 is 1.44 bits per heavy atom. The van der Waals surface area contributed by atoms with Gasteiger partial charge in [-0.25, -0.2) is 9.59 Å². The SMILES string of the molecule is Cc1c(C(=O)O)ccc(N2CCNCC2)c1C(=O)O.c1ccccc1. The number of rotatable bonds is 3. The highest BCUT2D eigenvalue weighted by molar-refractivity contribution is 6.01. The third kappa shape index (κ3) is 4.81. The first-order valence-electron chi connectivity index (χ1n) is 8.08. The largest absolute Gasteiger partial charge is 0.478 e. The van der Waals surface area contributed by atoms with Gasteiger partial charge in [-0.1, -0.05) is 36.4 Å². The highest BCUT2D eigenvalue weighted by atomic mass is 16.4. The first kappa shape index (κ1) is 18.5. The summed E-state index contributed by atoms with van der Waals surface area (Å²) >= 11 is 0. The minimum Gasteiger partial charge on any atom is -0.478 e. The predicted octanol–water partition coefficient (Wildman–Crippen LogP) is 2.49. The van der Waals surface area contributed by atoms with E-state index in [0.717, 1.165) is 13.1 Å². The summed E-state index contributed by atoms with van der Waals surface area (Å²) in [6.45, 7) is 4.55. The first-order valence-corrected chi connectivity index (χ1v) is 8.08. The molecular formula is C19H22N2O4. The number of nitrogens with one attached hydrogen (secondary N) is 1. The van der Waals surface area contributed by atoms with Gasteiger partial charge in [-0.3, -0.25) is 0 Å². The average molecular weight is 342 g/mol. The third-order valence-electron chi connectivity index (χ3n) is 4.01. The Balaban J connectivity index is 0.000000316. The Kier molecular flexibility index (Phi) is 6.54. The van der Waals surface area contributed by atoms with Crippen molar-refractivity contribution in [1.29, 1.82) is 0 Å². The van der Waals surface area contributed by atoms with Crippen molar-refractivity contribution in [2.75, 3.05) is 31.1 Å². The lowest BCUT2D eigenvalue weighted by Gasteiger charge is -2.31. The number of hydrogen-bond acceptors (Lipinski definition) is 4.